The molecular weight excluding hydrogens is 218 g/mol. The Morgan fingerprint density at radius 3 is 2.41 bits per heavy atom. The molecule has 1 saturated carbocycles. The maximum atomic E-state index is 10.4. The second-order valence-corrected chi connectivity index (χ2v) is 4.90. The van der Waals surface area contributed by atoms with Crippen LogP contribution < -0.4 is 0 Å². The van der Waals surface area contributed by atoms with Crippen LogP contribution in [0.4, 0.5) is 0 Å². The predicted molar refractivity (Wildman–Crippen MR) is 67.0 cm³/mol. The zero-order chi connectivity index (χ0) is 12.5. The quantitative estimate of drug-likeness (QED) is 0.639. The molecule has 17 heavy (non-hydrogen) atoms. The number of carboxylic acid groups (broad SMARTS) is 1. The number of rotatable bonds is 8. The van der Waals surface area contributed by atoms with Crippen LogP contribution >= 0.6 is 0 Å². The van der Waals surface area contributed by atoms with Gasteiger partial charge in [-0.1, -0.05) is 19.3 Å². The van der Waals surface area contributed by atoms with Gasteiger partial charge in [-0.15, -0.1) is 0 Å². The summed E-state index contributed by atoms with van der Waals surface area (Å²) >= 11 is 0. The highest BCUT2D eigenvalue weighted by atomic mass is 16.4. The number of nitrogens with zero attached hydrogens (tertiary/aromatic N) is 1. The fourth-order valence-corrected chi connectivity index (χ4v) is 2.64. The van der Waals surface area contributed by atoms with Crippen molar-refractivity contribution in [1.82, 2.24) is 4.90 Å². The maximum absolute atomic E-state index is 10.4. The number of carbonyl (C=O) groups is 1. The second kappa shape index (κ2) is 8.48. The molecule has 0 aliphatic heterocycles. The van der Waals surface area contributed by atoms with Crippen molar-refractivity contribution < 1.29 is 15.0 Å². The number of hydrogen-bond acceptors (Lipinski definition) is 3. The molecule has 0 aromatic rings. The Labute approximate surface area is 104 Å². The zero-order valence-electron chi connectivity index (χ0n) is 10.6. The first-order chi connectivity index (χ1) is 8.24. The van der Waals surface area contributed by atoms with Gasteiger partial charge in [-0.05, 0) is 32.2 Å². The smallest absolute Gasteiger partial charge is 0.303 e. The molecule has 100 valence electrons. The lowest BCUT2D eigenvalue weighted by Crippen LogP contribution is -2.39. The fourth-order valence-electron chi connectivity index (χ4n) is 2.64. The molecule has 0 saturated heterocycles. The van der Waals surface area contributed by atoms with Gasteiger partial charge in [0.1, 0.15) is 0 Å². The summed E-state index contributed by atoms with van der Waals surface area (Å²) in [5.41, 5.74) is 0. The summed E-state index contributed by atoms with van der Waals surface area (Å²) in [4.78, 5) is 12.8. The topological polar surface area (TPSA) is 60.8 Å². The zero-order valence-corrected chi connectivity index (χ0v) is 10.6. The molecule has 4 heteroatoms. The van der Waals surface area contributed by atoms with E-state index in [1.807, 2.05) is 0 Å². The summed E-state index contributed by atoms with van der Waals surface area (Å²) in [6.45, 7) is 1.87. The monoisotopic (exact) mass is 243 g/mol. The van der Waals surface area contributed by atoms with Crippen molar-refractivity contribution in [2.45, 2.75) is 57.4 Å². The van der Waals surface area contributed by atoms with Gasteiger partial charge in [0.05, 0.1) is 6.61 Å². The molecule has 0 amide bonds. The molecule has 0 atom stereocenters. The van der Waals surface area contributed by atoms with Gasteiger partial charge in [0, 0.05) is 19.0 Å². The molecule has 4 nitrogen and oxygen atoms in total. The van der Waals surface area contributed by atoms with Crippen LogP contribution in [0.1, 0.15) is 51.4 Å². The van der Waals surface area contributed by atoms with E-state index in [1.165, 1.54) is 32.1 Å². The summed E-state index contributed by atoms with van der Waals surface area (Å²) in [6.07, 6.45) is 8.31. The summed E-state index contributed by atoms with van der Waals surface area (Å²) in [7, 11) is 0. The Morgan fingerprint density at radius 2 is 1.82 bits per heavy atom. The molecule has 0 unspecified atom stereocenters. The lowest BCUT2D eigenvalue weighted by Gasteiger charge is -2.33. The lowest BCUT2D eigenvalue weighted by atomic mass is 9.94. The van der Waals surface area contributed by atoms with E-state index in [-0.39, 0.29) is 13.0 Å². The molecule has 1 rings (SSSR count). The third kappa shape index (κ3) is 6.03. The standard InChI is InChI=1S/C13H25NO3/c15-11-10-14(9-5-4-8-13(16)17)12-6-2-1-3-7-12/h12,15H,1-11H2,(H,16,17). The van der Waals surface area contributed by atoms with E-state index in [9.17, 15) is 4.79 Å². The first kappa shape index (κ1) is 14.5. The van der Waals surface area contributed by atoms with Crippen molar-refractivity contribution >= 4 is 5.97 Å². The van der Waals surface area contributed by atoms with Crippen LogP contribution in [-0.2, 0) is 4.79 Å². The molecular formula is C13H25NO3. The van der Waals surface area contributed by atoms with Crippen LogP contribution in [0.2, 0.25) is 0 Å². The van der Waals surface area contributed by atoms with Gasteiger partial charge in [0.2, 0.25) is 0 Å². The van der Waals surface area contributed by atoms with Crippen molar-refractivity contribution in [3.63, 3.8) is 0 Å². The van der Waals surface area contributed by atoms with Crippen molar-refractivity contribution in [3.8, 4) is 0 Å². The number of hydrogen-bond donors (Lipinski definition) is 2. The number of unbranched alkanes of at least 4 members (excludes halogenated alkanes) is 1. The van der Waals surface area contributed by atoms with Crippen LogP contribution in [0.3, 0.4) is 0 Å². The van der Waals surface area contributed by atoms with Crippen LogP contribution in [0.25, 0.3) is 0 Å². The van der Waals surface area contributed by atoms with E-state index in [4.69, 9.17) is 10.2 Å². The van der Waals surface area contributed by atoms with Gasteiger partial charge in [-0.25, -0.2) is 0 Å². The van der Waals surface area contributed by atoms with Gasteiger partial charge < -0.3 is 10.2 Å². The molecule has 0 radical (unpaired) electrons. The molecule has 0 bridgehead atoms. The number of aliphatic hydroxyl groups is 1. The Hall–Kier alpha value is -0.610. The first-order valence-corrected chi connectivity index (χ1v) is 6.80. The van der Waals surface area contributed by atoms with Crippen molar-refractivity contribution in [3.05, 3.63) is 0 Å². The van der Waals surface area contributed by atoms with Crippen molar-refractivity contribution in [2.75, 3.05) is 19.7 Å². The largest absolute Gasteiger partial charge is 0.481 e. The van der Waals surface area contributed by atoms with E-state index >= 15 is 0 Å². The van der Waals surface area contributed by atoms with Crippen molar-refractivity contribution in [1.29, 1.82) is 0 Å². The average molecular weight is 243 g/mol. The molecule has 0 heterocycles. The Kier molecular flexibility index (Phi) is 7.21. The average Bonchev–Trinajstić information content (AvgIpc) is 2.34. The van der Waals surface area contributed by atoms with Crippen LogP contribution in [0.5, 0.6) is 0 Å². The SMILES string of the molecule is O=C(O)CCCCN(CCO)C1CCCCC1. The minimum absolute atomic E-state index is 0.204. The summed E-state index contributed by atoms with van der Waals surface area (Å²) in [5, 5.41) is 17.7. The molecule has 2 N–H and O–H groups in total. The molecule has 1 fully saturated rings. The Morgan fingerprint density at radius 1 is 1.12 bits per heavy atom. The van der Waals surface area contributed by atoms with E-state index in [2.05, 4.69) is 4.90 Å². The summed E-state index contributed by atoms with van der Waals surface area (Å²) < 4.78 is 0. The fraction of sp³-hybridized carbons (Fsp3) is 0.923. The van der Waals surface area contributed by atoms with Gasteiger partial charge in [-0.2, -0.15) is 0 Å². The predicted octanol–water partition coefficient (Wildman–Crippen LogP) is 1.87. The number of aliphatic hydroxyl groups excluding tert-OH is 1. The van der Waals surface area contributed by atoms with E-state index in [0.29, 0.717) is 6.04 Å². The second-order valence-electron chi connectivity index (χ2n) is 4.90. The number of carboxylic acids is 1. The summed E-state index contributed by atoms with van der Waals surface area (Å²) in [5.74, 6) is -0.712. The van der Waals surface area contributed by atoms with E-state index < -0.39 is 5.97 Å². The highest BCUT2D eigenvalue weighted by Crippen LogP contribution is 2.22. The minimum atomic E-state index is -0.712. The summed E-state index contributed by atoms with van der Waals surface area (Å²) in [6, 6.07) is 0.612. The molecule has 1 aliphatic rings. The Balaban J connectivity index is 2.24. The van der Waals surface area contributed by atoms with Crippen LogP contribution in [0.15, 0.2) is 0 Å². The normalized spacial score (nSPS) is 17.5. The molecule has 0 aromatic carbocycles. The number of aliphatic carboxylic acids is 1. The molecule has 0 aromatic heterocycles. The molecule has 1 aliphatic carbocycles. The molecule has 0 spiro atoms. The highest BCUT2D eigenvalue weighted by molar-refractivity contribution is 5.66. The van der Waals surface area contributed by atoms with Crippen molar-refractivity contribution in [2.24, 2.45) is 0 Å². The van der Waals surface area contributed by atoms with Crippen LogP contribution in [0, 0.1) is 0 Å². The van der Waals surface area contributed by atoms with E-state index in [0.717, 1.165) is 25.9 Å². The van der Waals surface area contributed by atoms with Gasteiger partial charge in [-0.3, -0.25) is 9.69 Å². The highest BCUT2D eigenvalue weighted by Gasteiger charge is 2.20. The third-order valence-corrected chi connectivity index (χ3v) is 3.56. The van der Waals surface area contributed by atoms with E-state index in [1.54, 1.807) is 0 Å². The third-order valence-electron chi connectivity index (χ3n) is 3.56. The van der Waals surface area contributed by atoms with Gasteiger partial charge in [0.25, 0.3) is 0 Å². The minimum Gasteiger partial charge on any atom is -0.481 e. The lowest BCUT2D eigenvalue weighted by molar-refractivity contribution is -0.137. The maximum Gasteiger partial charge on any atom is 0.303 e. The first-order valence-electron chi connectivity index (χ1n) is 6.80. The Bertz CT molecular complexity index is 215. The van der Waals surface area contributed by atoms with Gasteiger partial charge in [0.15, 0.2) is 0 Å². The van der Waals surface area contributed by atoms with Gasteiger partial charge >= 0.3 is 5.97 Å². The van der Waals surface area contributed by atoms with Crippen LogP contribution in [-0.4, -0.2) is 46.8 Å².